The number of aryl methyl sites for hydroxylation is 3. The molecule has 0 bridgehead atoms. The van der Waals surface area contributed by atoms with Crippen molar-refractivity contribution in [2.75, 3.05) is 0 Å². The smallest absolute Gasteiger partial charge is 0.281 e. The second-order valence-corrected chi connectivity index (χ2v) is 7.70. The summed E-state index contributed by atoms with van der Waals surface area (Å²) in [7, 11) is 1.93. The van der Waals surface area contributed by atoms with Gasteiger partial charge in [-0.05, 0) is 44.0 Å². The molecule has 0 saturated carbocycles. The molecule has 0 N–H and O–H groups in total. The van der Waals surface area contributed by atoms with Gasteiger partial charge in [0.2, 0.25) is 0 Å². The van der Waals surface area contributed by atoms with Gasteiger partial charge < -0.3 is 4.57 Å². The van der Waals surface area contributed by atoms with Crippen LogP contribution in [0.4, 0.5) is 0 Å². The van der Waals surface area contributed by atoms with Crippen LogP contribution in [0.2, 0.25) is 5.02 Å². The van der Waals surface area contributed by atoms with E-state index in [0.717, 1.165) is 21.7 Å². The van der Waals surface area contributed by atoms with E-state index in [-0.39, 0.29) is 5.91 Å². The zero-order valence-corrected chi connectivity index (χ0v) is 16.2. The standard InChI is InChI=1S/C20H19ClN2OS/c1-12-5-8-15(9-6-12)18-14(3)25-20(23(18)4)22-19(24)16-10-7-13(2)11-17(16)21/h5-11H,1-4H3. The van der Waals surface area contributed by atoms with Crippen molar-refractivity contribution in [3.05, 3.63) is 73.9 Å². The van der Waals surface area contributed by atoms with E-state index in [1.54, 1.807) is 12.1 Å². The van der Waals surface area contributed by atoms with Crippen molar-refractivity contribution >= 4 is 28.8 Å². The molecule has 0 aliphatic heterocycles. The highest BCUT2D eigenvalue weighted by molar-refractivity contribution is 7.09. The summed E-state index contributed by atoms with van der Waals surface area (Å²) >= 11 is 7.70. The highest BCUT2D eigenvalue weighted by Gasteiger charge is 2.13. The number of hydrogen-bond acceptors (Lipinski definition) is 2. The summed E-state index contributed by atoms with van der Waals surface area (Å²) in [5.74, 6) is -0.322. The Labute approximate surface area is 156 Å². The van der Waals surface area contributed by atoms with Crippen LogP contribution in [0.1, 0.15) is 26.4 Å². The molecule has 0 aliphatic carbocycles. The Hall–Kier alpha value is -2.17. The number of carbonyl (C=O) groups is 1. The number of aromatic nitrogens is 1. The summed E-state index contributed by atoms with van der Waals surface area (Å²) in [6.07, 6.45) is 0. The minimum atomic E-state index is -0.322. The topological polar surface area (TPSA) is 34.4 Å². The third kappa shape index (κ3) is 3.60. The summed E-state index contributed by atoms with van der Waals surface area (Å²) in [6.45, 7) is 6.05. The molecule has 3 nitrogen and oxygen atoms in total. The SMILES string of the molecule is Cc1ccc(-c2c(C)sc(=NC(=O)c3ccc(C)cc3Cl)n2C)cc1. The van der Waals surface area contributed by atoms with Gasteiger partial charge in [-0.2, -0.15) is 4.99 Å². The number of nitrogens with zero attached hydrogens (tertiary/aromatic N) is 2. The van der Waals surface area contributed by atoms with Crippen molar-refractivity contribution < 1.29 is 4.79 Å². The number of rotatable bonds is 2. The van der Waals surface area contributed by atoms with Gasteiger partial charge in [0.15, 0.2) is 4.80 Å². The normalized spacial score (nSPS) is 11.8. The van der Waals surface area contributed by atoms with Gasteiger partial charge in [-0.3, -0.25) is 4.79 Å². The van der Waals surface area contributed by atoms with Gasteiger partial charge in [0.05, 0.1) is 16.3 Å². The van der Waals surface area contributed by atoms with Gasteiger partial charge in [0.25, 0.3) is 5.91 Å². The zero-order chi connectivity index (χ0) is 18.1. The fourth-order valence-corrected chi connectivity index (χ4v) is 4.03. The first kappa shape index (κ1) is 17.6. The lowest BCUT2D eigenvalue weighted by Crippen LogP contribution is -2.14. The predicted molar refractivity (Wildman–Crippen MR) is 104 cm³/mol. The van der Waals surface area contributed by atoms with Crippen LogP contribution in [0.15, 0.2) is 47.5 Å². The van der Waals surface area contributed by atoms with E-state index in [0.29, 0.717) is 15.4 Å². The van der Waals surface area contributed by atoms with Gasteiger partial charge in [-0.15, -0.1) is 11.3 Å². The second-order valence-electron chi connectivity index (χ2n) is 6.11. The van der Waals surface area contributed by atoms with Gasteiger partial charge in [-0.25, -0.2) is 0 Å². The van der Waals surface area contributed by atoms with E-state index in [1.807, 2.05) is 31.5 Å². The van der Waals surface area contributed by atoms with Crippen LogP contribution in [-0.2, 0) is 7.05 Å². The molecule has 0 atom stereocenters. The van der Waals surface area contributed by atoms with Crippen molar-refractivity contribution in [2.24, 2.45) is 12.0 Å². The van der Waals surface area contributed by atoms with Crippen LogP contribution in [0.5, 0.6) is 0 Å². The minimum Gasteiger partial charge on any atom is -0.319 e. The van der Waals surface area contributed by atoms with Gasteiger partial charge in [0, 0.05) is 11.9 Å². The maximum absolute atomic E-state index is 12.5. The molecule has 1 aromatic heterocycles. The van der Waals surface area contributed by atoms with Crippen molar-refractivity contribution in [3.63, 3.8) is 0 Å². The first-order valence-electron chi connectivity index (χ1n) is 7.95. The highest BCUT2D eigenvalue weighted by Crippen LogP contribution is 2.25. The van der Waals surface area contributed by atoms with Gasteiger partial charge in [0.1, 0.15) is 0 Å². The maximum Gasteiger partial charge on any atom is 0.281 e. The van der Waals surface area contributed by atoms with Gasteiger partial charge >= 0.3 is 0 Å². The number of halogens is 1. The fraction of sp³-hybridized carbons (Fsp3) is 0.200. The van der Waals surface area contributed by atoms with Crippen molar-refractivity contribution in [1.29, 1.82) is 0 Å². The van der Waals surface area contributed by atoms with Crippen LogP contribution in [-0.4, -0.2) is 10.5 Å². The molecule has 2 aromatic carbocycles. The molecule has 0 fully saturated rings. The molecule has 0 radical (unpaired) electrons. The Morgan fingerprint density at radius 2 is 1.68 bits per heavy atom. The van der Waals surface area contributed by atoms with Crippen molar-refractivity contribution in [2.45, 2.75) is 20.8 Å². The molecule has 0 unspecified atom stereocenters. The summed E-state index contributed by atoms with van der Waals surface area (Å²) in [5, 5.41) is 0.434. The summed E-state index contributed by atoms with van der Waals surface area (Å²) in [5.41, 5.74) is 4.85. The molecule has 0 saturated heterocycles. The Balaban J connectivity index is 2.06. The average Bonchev–Trinajstić information content (AvgIpc) is 2.82. The average molecular weight is 371 g/mol. The van der Waals surface area contributed by atoms with E-state index < -0.39 is 0 Å². The largest absolute Gasteiger partial charge is 0.319 e. The summed E-state index contributed by atoms with van der Waals surface area (Å²) in [6, 6.07) is 13.7. The summed E-state index contributed by atoms with van der Waals surface area (Å²) < 4.78 is 1.96. The van der Waals surface area contributed by atoms with Gasteiger partial charge in [-0.1, -0.05) is 47.5 Å². The third-order valence-corrected chi connectivity index (χ3v) is 5.44. The van der Waals surface area contributed by atoms with E-state index in [4.69, 9.17) is 11.6 Å². The molecule has 1 heterocycles. The molecular weight excluding hydrogens is 352 g/mol. The summed E-state index contributed by atoms with van der Waals surface area (Å²) in [4.78, 5) is 18.6. The lowest BCUT2D eigenvalue weighted by atomic mass is 10.1. The monoisotopic (exact) mass is 370 g/mol. The molecule has 3 rings (SSSR count). The van der Waals surface area contributed by atoms with Crippen LogP contribution in [0, 0.1) is 20.8 Å². The van der Waals surface area contributed by atoms with Crippen molar-refractivity contribution in [3.8, 4) is 11.3 Å². The predicted octanol–water partition coefficient (Wildman–Crippen LogP) is 5.07. The number of carbonyl (C=O) groups excluding carboxylic acids is 1. The maximum atomic E-state index is 12.5. The van der Waals surface area contributed by atoms with E-state index in [2.05, 4.69) is 36.2 Å². The minimum absolute atomic E-state index is 0.322. The third-order valence-electron chi connectivity index (χ3n) is 4.08. The lowest BCUT2D eigenvalue weighted by Gasteiger charge is -2.05. The number of thiazole rings is 1. The zero-order valence-electron chi connectivity index (χ0n) is 14.6. The number of hydrogen-bond donors (Lipinski definition) is 0. The highest BCUT2D eigenvalue weighted by atomic mass is 35.5. The Bertz CT molecular complexity index is 1010. The molecule has 128 valence electrons. The Kier molecular flexibility index (Phi) is 4.93. The second kappa shape index (κ2) is 6.98. The molecule has 25 heavy (non-hydrogen) atoms. The molecule has 0 aliphatic rings. The van der Waals surface area contributed by atoms with Crippen LogP contribution in [0.25, 0.3) is 11.3 Å². The van der Waals surface area contributed by atoms with E-state index in [9.17, 15) is 4.79 Å². The lowest BCUT2D eigenvalue weighted by molar-refractivity contribution is 0.0998. The quantitative estimate of drug-likeness (QED) is 0.619. The first-order chi connectivity index (χ1) is 11.9. The molecule has 1 amide bonds. The van der Waals surface area contributed by atoms with Crippen LogP contribution < -0.4 is 4.80 Å². The van der Waals surface area contributed by atoms with Crippen molar-refractivity contribution in [1.82, 2.24) is 4.57 Å². The van der Waals surface area contributed by atoms with Crippen LogP contribution >= 0.6 is 22.9 Å². The van der Waals surface area contributed by atoms with Crippen LogP contribution in [0.3, 0.4) is 0 Å². The Morgan fingerprint density at radius 1 is 1.04 bits per heavy atom. The number of benzene rings is 2. The number of amides is 1. The Morgan fingerprint density at radius 3 is 2.32 bits per heavy atom. The van der Waals surface area contributed by atoms with E-state index in [1.165, 1.54) is 16.9 Å². The first-order valence-corrected chi connectivity index (χ1v) is 9.15. The molecule has 5 heteroatoms. The molecular formula is C20H19ClN2OS. The molecule has 3 aromatic rings. The van der Waals surface area contributed by atoms with E-state index >= 15 is 0 Å². The molecule has 0 spiro atoms. The fourth-order valence-electron chi connectivity index (χ4n) is 2.73.